The van der Waals surface area contributed by atoms with Crippen molar-refractivity contribution in [3.8, 4) is 11.5 Å². The van der Waals surface area contributed by atoms with E-state index in [1.165, 1.54) is 5.56 Å². The van der Waals surface area contributed by atoms with E-state index in [0.717, 1.165) is 17.1 Å². The Morgan fingerprint density at radius 3 is 2.41 bits per heavy atom. The lowest BCUT2D eigenvalue weighted by Crippen LogP contribution is -2.41. The first-order valence-electron chi connectivity index (χ1n) is 9.37. The minimum absolute atomic E-state index is 0.0647. The van der Waals surface area contributed by atoms with Gasteiger partial charge in [-0.25, -0.2) is 0 Å². The Morgan fingerprint density at radius 1 is 1.15 bits per heavy atom. The van der Waals surface area contributed by atoms with Crippen LogP contribution in [-0.2, 0) is 5.41 Å². The number of carbonyl (C=O) groups is 1. The third-order valence-electron chi connectivity index (χ3n) is 4.99. The van der Waals surface area contributed by atoms with Crippen molar-refractivity contribution in [1.82, 2.24) is 5.32 Å². The Bertz CT molecular complexity index is 832. The SMILES string of the molecule is COc1ccc2c(c1)[C@H](NC(=O)c1ccc(C(C)(C)C)cc1)CC(C)(C)O2. The predicted octanol–water partition coefficient (Wildman–Crippen LogP) is 5.02. The zero-order chi connectivity index (χ0) is 19.8. The van der Waals surface area contributed by atoms with Crippen LogP contribution in [0.5, 0.6) is 11.5 Å². The molecule has 4 nitrogen and oxygen atoms in total. The molecular weight excluding hydrogens is 338 g/mol. The van der Waals surface area contributed by atoms with Crippen molar-refractivity contribution in [2.75, 3.05) is 7.11 Å². The molecule has 0 saturated carbocycles. The zero-order valence-electron chi connectivity index (χ0n) is 17.1. The van der Waals surface area contributed by atoms with Crippen LogP contribution in [0.15, 0.2) is 42.5 Å². The first kappa shape index (κ1) is 19.3. The summed E-state index contributed by atoms with van der Waals surface area (Å²) < 4.78 is 11.4. The smallest absolute Gasteiger partial charge is 0.251 e. The topological polar surface area (TPSA) is 47.6 Å². The third kappa shape index (κ3) is 4.26. The molecule has 1 amide bonds. The average molecular weight is 367 g/mol. The summed E-state index contributed by atoms with van der Waals surface area (Å²) in [5, 5.41) is 3.18. The first-order valence-corrected chi connectivity index (χ1v) is 9.37. The molecule has 2 aromatic rings. The summed E-state index contributed by atoms with van der Waals surface area (Å²) in [5.74, 6) is 1.47. The number of benzene rings is 2. The molecule has 1 aliphatic rings. The van der Waals surface area contributed by atoms with Gasteiger partial charge in [0.1, 0.15) is 17.1 Å². The normalized spacial score (nSPS) is 18.2. The van der Waals surface area contributed by atoms with E-state index < -0.39 is 0 Å². The number of carbonyl (C=O) groups excluding carboxylic acids is 1. The number of hydrogen-bond acceptors (Lipinski definition) is 3. The molecule has 0 spiro atoms. The fourth-order valence-electron chi connectivity index (χ4n) is 3.45. The standard InChI is InChI=1S/C23H29NO3/c1-22(2,3)16-9-7-15(8-10-16)21(25)24-19-14-23(4,5)27-20-12-11-17(26-6)13-18(19)20/h7-13,19H,14H2,1-6H3,(H,24,25)/t19-/m1/s1. The van der Waals surface area contributed by atoms with Crippen molar-refractivity contribution in [2.24, 2.45) is 0 Å². The maximum Gasteiger partial charge on any atom is 0.251 e. The average Bonchev–Trinajstić information content (AvgIpc) is 2.60. The number of fused-ring (bicyclic) bond motifs is 1. The molecule has 0 bridgehead atoms. The molecule has 1 aliphatic heterocycles. The summed E-state index contributed by atoms with van der Waals surface area (Å²) >= 11 is 0. The lowest BCUT2D eigenvalue weighted by Gasteiger charge is -2.38. The van der Waals surface area contributed by atoms with E-state index >= 15 is 0 Å². The molecule has 3 rings (SSSR count). The number of hydrogen-bond donors (Lipinski definition) is 1. The summed E-state index contributed by atoms with van der Waals surface area (Å²) in [6, 6.07) is 13.4. The van der Waals surface area contributed by atoms with Crippen molar-refractivity contribution < 1.29 is 14.3 Å². The molecule has 1 N–H and O–H groups in total. The van der Waals surface area contributed by atoms with Crippen LogP contribution < -0.4 is 14.8 Å². The number of nitrogens with one attached hydrogen (secondary N) is 1. The summed E-state index contributed by atoms with van der Waals surface area (Å²) in [7, 11) is 1.64. The Balaban J connectivity index is 1.85. The van der Waals surface area contributed by atoms with E-state index in [4.69, 9.17) is 9.47 Å². The Kier molecular flexibility index (Phi) is 4.94. The molecule has 0 aromatic heterocycles. The number of rotatable bonds is 3. The van der Waals surface area contributed by atoms with Crippen molar-refractivity contribution in [2.45, 2.75) is 58.1 Å². The molecule has 0 radical (unpaired) electrons. The van der Waals surface area contributed by atoms with Crippen LogP contribution in [-0.4, -0.2) is 18.6 Å². The van der Waals surface area contributed by atoms with Gasteiger partial charge in [-0.2, -0.15) is 0 Å². The number of methoxy groups -OCH3 is 1. The van der Waals surface area contributed by atoms with Crippen LogP contribution in [0.3, 0.4) is 0 Å². The fourth-order valence-corrected chi connectivity index (χ4v) is 3.45. The molecule has 0 saturated heterocycles. The van der Waals surface area contributed by atoms with E-state index in [0.29, 0.717) is 12.0 Å². The van der Waals surface area contributed by atoms with Gasteiger partial charge in [-0.15, -0.1) is 0 Å². The first-order chi connectivity index (χ1) is 12.6. The molecule has 1 heterocycles. The van der Waals surface area contributed by atoms with Crippen LogP contribution in [0.1, 0.15) is 68.6 Å². The molecule has 0 unspecified atom stereocenters. The fraction of sp³-hybridized carbons (Fsp3) is 0.435. The van der Waals surface area contributed by atoms with Gasteiger partial charge >= 0.3 is 0 Å². The predicted molar refractivity (Wildman–Crippen MR) is 108 cm³/mol. The molecular formula is C23H29NO3. The van der Waals surface area contributed by atoms with E-state index in [1.807, 2.05) is 56.3 Å². The van der Waals surface area contributed by atoms with Crippen LogP contribution in [0.25, 0.3) is 0 Å². The quantitative estimate of drug-likeness (QED) is 0.828. The molecule has 27 heavy (non-hydrogen) atoms. The number of amides is 1. The van der Waals surface area contributed by atoms with E-state index in [1.54, 1.807) is 7.11 Å². The monoisotopic (exact) mass is 367 g/mol. The van der Waals surface area contributed by atoms with Gasteiger partial charge in [-0.3, -0.25) is 4.79 Å². The summed E-state index contributed by atoms with van der Waals surface area (Å²) in [5.41, 5.74) is 2.54. The van der Waals surface area contributed by atoms with Crippen molar-refractivity contribution in [3.05, 3.63) is 59.2 Å². The van der Waals surface area contributed by atoms with E-state index in [9.17, 15) is 4.79 Å². The van der Waals surface area contributed by atoms with Gasteiger partial charge < -0.3 is 14.8 Å². The highest BCUT2D eigenvalue weighted by molar-refractivity contribution is 5.94. The van der Waals surface area contributed by atoms with Crippen molar-refractivity contribution in [3.63, 3.8) is 0 Å². The van der Waals surface area contributed by atoms with Gasteiger partial charge in [-0.05, 0) is 55.2 Å². The van der Waals surface area contributed by atoms with Crippen LogP contribution in [0, 0.1) is 0 Å². The third-order valence-corrected chi connectivity index (χ3v) is 4.99. The Morgan fingerprint density at radius 2 is 1.81 bits per heavy atom. The zero-order valence-corrected chi connectivity index (χ0v) is 17.1. The summed E-state index contributed by atoms with van der Waals surface area (Å²) in [6.07, 6.45) is 0.693. The molecule has 144 valence electrons. The lowest BCUT2D eigenvalue weighted by molar-refractivity contribution is 0.0618. The van der Waals surface area contributed by atoms with Gasteiger partial charge in [0.2, 0.25) is 0 Å². The van der Waals surface area contributed by atoms with Crippen LogP contribution in [0.2, 0.25) is 0 Å². The van der Waals surface area contributed by atoms with Gasteiger partial charge in [0.25, 0.3) is 5.91 Å². The molecule has 0 aliphatic carbocycles. The highest BCUT2D eigenvalue weighted by Gasteiger charge is 2.35. The highest BCUT2D eigenvalue weighted by Crippen LogP contribution is 2.41. The Hall–Kier alpha value is -2.49. The van der Waals surface area contributed by atoms with Gasteiger partial charge in [0.15, 0.2) is 0 Å². The lowest BCUT2D eigenvalue weighted by atomic mass is 9.86. The maximum atomic E-state index is 12.9. The van der Waals surface area contributed by atoms with E-state index in [-0.39, 0.29) is 23.0 Å². The minimum atomic E-state index is -0.352. The van der Waals surface area contributed by atoms with Crippen LogP contribution >= 0.6 is 0 Å². The molecule has 4 heteroatoms. The second-order valence-electron chi connectivity index (χ2n) is 8.82. The van der Waals surface area contributed by atoms with E-state index in [2.05, 4.69) is 26.1 Å². The summed E-state index contributed by atoms with van der Waals surface area (Å²) in [6.45, 7) is 10.6. The van der Waals surface area contributed by atoms with Crippen molar-refractivity contribution >= 4 is 5.91 Å². The van der Waals surface area contributed by atoms with Crippen molar-refractivity contribution in [1.29, 1.82) is 0 Å². The second kappa shape index (κ2) is 6.91. The maximum absolute atomic E-state index is 12.9. The molecule has 2 aromatic carbocycles. The summed E-state index contributed by atoms with van der Waals surface area (Å²) in [4.78, 5) is 12.9. The van der Waals surface area contributed by atoms with Gasteiger partial charge in [0.05, 0.1) is 13.2 Å². The van der Waals surface area contributed by atoms with Gasteiger partial charge in [0, 0.05) is 17.5 Å². The Labute approximate surface area is 161 Å². The minimum Gasteiger partial charge on any atom is -0.497 e. The largest absolute Gasteiger partial charge is 0.497 e. The number of ether oxygens (including phenoxy) is 2. The second-order valence-corrected chi connectivity index (χ2v) is 8.82. The molecule has 1 atom stereocenters. The van der Waals surface area contributed by atoms with Gasteiger partial charge in [-0.1, -0.05) is 32.9 Å². The highest BCUT2D eigenvalue weighted by atomic mass is 16.5. The molecule has 0 fully saturated rings. The van der Waals surface area contributed by atoms with Crippen LogP contribution in [0.4, 0.5) is 0 Å².